The molecule has 138 valence electrons. The van der Waals surface area contributed by atoms with Crippen molar-refractivity contribution in [1.82, 2.24) is 0 Å². The summed E-state index contributed by atoms with van der Waals surface area (Å²) in [4.78, 5) is 10.7. The average Bonchev–Trinajstić information content (AvgIpc) is 2.54. The molecule has 2 aliphatic carbocycles. The first kappa shape index (κ1) is 19.7. The number of rotatable bonds is 5. The molecule has 1 fully saturated rings. The normalized spacial score (nSPS) is 36.5. The van der Waals surface area contributed by atoms with Crippen LogP contribution in [0.25, 0.3) is 0 Å². The minimum absolute atomic E-state index is 0.0111. The number of carboxylic acid groups (broad SMARTS) is 1. The molecule has 4 heteroatoms. The highest BCUT2D eigenvalue weighted by Crippen LogP contribution is 2.50. The zero-order valence-electron chi connectivity index (χ0n) is 15.3. The number of aliphatic hydroxyl groups excluding tert-OH is 2. The van der Waals surface area contributed by atoms with Crippen molar-refractivity contribution in [3.8, 4) is 0 Å². The van der Waals surface area contributed by atoms with Crippen LogP contribution < -0.4 is 0 Å². The predicted octanol–water partition coefficient (Wildman–Crippen LogP) is 3.34. The van der Waals surface area contributed by atoms with Gasteiger partial charge in [0.1, 0.15) is 0 Å². The summed E-state index contributed by atoms with van der Waals surface area (Å²) in [5.41, 5.74) is 2.34. The molecule has 0 aliphatic heterocycles. The fraction of sp³-hybridized carbons (Fsp3) is 0.571. The standard InChI is InChI=1S/C21H30O4/c1-13-8-9-18(23)17-12-15(3)20(14(2)10-11-22)16(21(13)17)6-4-5-7-19(24)25/h4-7,10,12-13,16-18,20-23H,8-9,11H2,1-3H3,(H,24,25). The lowest BCUT2D eigenvalue weighted by molar-refractivity contribution is -0.131. The Morgan fingerprint density at radius 3 is 2.68 bits per heavy atom. The van der Waals surface area contributed by atoms with Crippen LogP contribution in [0.1, 0.15) is 33.6 Å². The third-order valence-corrected chi connectivity index (χ3v) is 5.83. The molecule has 0 aromatic carbocycles. The minimum Gasteiger partial charge on any atom is -0.478 e. The molecule has 6 atom stereocenters. The maximum atomic E-state index is 10.7. The van der Waals surface area contributed by atoms with Gasteiger partial charge in [0.05, 0.1) is 12.7 Å². The molecule has 0 aromatic heterocycles. The molecule has 0 aromatic rings. The van der Waals surface area contributed by atoms with E-state index in [1.54, 1.807) is 12.2 Å². The summed E-state index contributed by atoms with van der Waals surface area (Å²) < 4.78 is 0. The van der Waals surface area contributed by atoms with E-state index in [0.29, 0.717) is 11.8 Å². The van der Waals surface area contributed by atoms with Crippen LogP contribution in [-0.4, -0.2) is 34.0 Å². The van der Waals surface area contributed by atoms with E-state index in [1.165, 1.54) is 5.57 Å². The van der Waals surface area contributed by atoms with Crippen molar-refractivity contribution < 1.29 is 20.1 Å². The summed E-state index contributed by atoms with van der Waals surface area (Å²) in [6.07, 6.45) is 12.2. The van der Waals surface area contributed by atoms with Crippen LogP contribution in [0.15, 0.2) is 47.6 Å². The van der Waals surface area contributed by atoms with Gasteiger partial charge in [-0.1, -0.05) is 48.5 Å². The molecule has 6 unspecified atom stereocenters. The number of carbonyl (C=O) groups is 1. The first-order chi connectivity index (χ1) is 11.9. The van der Waals surface area contributed by atoms with E-state index in [2.05, 4.69) is 26.0 Å². The van der Waals surface area contributed by atoms with Crippen LogP contribution in [0, 0.1) is 29.6 Å². The molecular formula is C21H30O4. The lowest BCUT2D eigenvalue weighted by Gasteiger charge is -2.48. The Morgan fingerprint density at radius 2 is 2.04 bits per heavy atom. The van der Waals surface area contributed by atoms with Gasteiger partial charge in [-0.05, 0) is 44.4 Å². The first-order valence-electron chi connectivity index (χ1n) is 9.08. The molecule has 0 saturated heterocycles. The Labute approximate surface area is 150 Å². The van der Waals surface area contributed by atoms with Crippen molar-refractivity contribution in [3.63, 3.8) is 0 Å². The molecule has 2 aliphatic rings. The number of hydrogen-bond donors (Lipinski definition) is 3. The Hall–Kier alpha value is -1.65. The molecule has 3 N–H and O–H groups in total. The second kappa shape index (κ2) is 8.63. The van der Waals surface area contributed by atoms with Crippen molar-refractivity contribution in [3.05, 3.63) is 47.6 Å². The van der Waals surface area contributed by atoms with E-state index in [0.717, 1.165) is 24.5 Å². The summed E-state index contributed by atoms with van der Waals surface area (Å²) in [5.74, 6) is 0.336. The van der Waals surface area contributed by atoms with Crippen LogP contribution in [0.4, 0.5) is 0 Å². The third kappa shape index (κ3) is 4.50. The van der Waals surface area contributed by atoms with Gasteiger partial charge in [0.15, 0.2) is 0 Å². The van der Waals surface area contributed by atoms with Crippen LogP contribution in [0.5, 0.6) is 0 Å². The van der Waals surface area contributed by atoms with Crippen molar-refractivity contribution in [2.75, 3.05) is 6.61 Å². The maximum Gasteiger partial charge on any atom is 0.328 e. The Morgan fingerprint density at radius 1 is 1.32 bits per heavy atom. The second-order valence-corrected chi connectivity index (χ2v) is 7.46. The highest BCUT2D eigenvalue weighted by molar-refractivity contribution is 5.80. The summed E-state index contributed by atoms with van der Waals surface area (Å²) in [6.45, 7) is 6.39. The smallest absolute Gasteiger partial charge is 0.328 e. The SMILES string of the molecule is CC(=CCO)C1C(C)=CC2C(O)CCC(C)C2C1C=CC=CC(=O)O. The van der Waals surface area contributed by atoms with Crippen molar-refractivity contribution in [2.45, 2.75) is 39.7 Å². The molecular weight excluding hydrogens is 316 g/mol. The van der Waals surface area contributed by atoms with Crippen LogP contribution >= 0.6 is 0 Å². The number of hydrogen-bond acceptors (Lipinski definition) is 3. The van der Waals surface area contributed by atoms with E-state index < -0.39 is 5.97 Å². The second-order valence-electron chi connectivity index (χ2n) is 7.46. The summed E-state index contributed by atoms with van der Waals surface area (Å²) in [7, 11) is 0. The zero-order chi connectivity index (χ0) is 18.6. The van der Waals surface area contributed by atoms with Gasteiger partial charge in [0.25, 0.3) is 0 Å². The van der Waals surface area contributed by atoms with Gasteiger partial charge < -0.3 is 15.3 Å². The summed E-state index contributed by atoms with van der Waals surface area (Å²) in [6, 6.07) is 0. The fourth-order valence-electron chi connectivity index (χ4n) is 4.75. The molecule has 0 radical (unpaired) electrons. The summed E-state index contributed by atoms with van der Waals surface area (Å²) >= 11 is 0. The first-order valence-corrected chi connectivity index (χ1v) is 9.08. The highest BCUT2D eigenvalue weighted by Gasteiger charge is 2.45. The van der Waals surface area contributed by atoms with E-state index in [1.807, 2.05) is 13.0 Å². The molecule has 0 heterocycles. The van der Waals surface area contributed by atoms with Gasteiger partial charge in [0.2, 0.25) is 0 Å². The van der Waals surface area contributed by atoms with Gasteiger partial charge in [-0.3, -0.25) is 0 Å². The van der Waals surface area contributed by atoms with E-state index >= 15 is 0 Å². The van der Waals surface area contributed by atoms with Crippen molar-refractivity contribution in [2.24, 2.45) is 29.6 Å². The predicted molar refractivity (Wildman–Crippen MR) is 98.9 cm³/mol. The monoisotopic (exact) mass is 346 g/mol. The lowest BCUT2D eigenvalue weighted by atomic mass is 9.57. The average molecular weight is 346 g/mol. The minimum atomic E-state index is -0.961. The molecule has 1 saturated carbocycles. The van der Waals surface area contributed by atoms with E-state index in [-0.39, 0.29) is 30.5 Å². The number of allylic oxidation sites excluding steroid dienone is 5. The quantitative estimate of drug-likeness (QED) is 0.405. The Bertz CT molecular complexity index is 599. The van der Waals surface area contributed by atoms with Gasteiger partial charge >= 0.3 is 5.97 Å². The summed E-state index contributed by atoms with van der Waals surface area (Å²) in [5, 5.41) is 28.6. The van der Waals surface area contributed by atoms with Crippen LogP contribution in [0.2, 0.25) is 0 Å². The van der Waals surface area contributed by atoms with Gasteiger partial charge in [0, 0.05) is 17.9 Å². The Balaban J connectivity index is 2.43. The lowest BCUT2D eigenvalue weighted by Crippen LogP contribution is -2.45. The largest absolute Gasteiger partial charge is 0.478 e. The topological polar surface area (TPSA) is 77.8 Å². The van der Waals surface area contributed by atoms with Crippen molar-refractivity contribution >= 4 is 5.97 Å². The molecule has 2 rings (SSSR count). The number of aliphatic hydroxyl groups is 2. The van der Waals surface area contributed by atoms with Crippen LogP contribution in [-0.2, 0) is 4.79 Å². The highest BCUT2D eigenvalue weighted by atomic mass is 16.4. The molecule has 0 amide bonds. The molecule has 4 nitrogen and oxygen atoms in total. The van der Waals surface area contributed by atoms with E-state index in [9.17, 15) is 15.0 Å². The molecule has 25 heavy (non-hydrogen) atoms. The van der Waals surface area contributed by atoms with Gasteiger partial charge in [-0.15, -0.1) is 0 Å². The third-order valence-electron chi connectivity index (χ3n) is 5.83. The number of fused-ring (bicyclic) bond motifs is 1. The maximum absolute atomic E-state index is 10.7. The molecule has 0 bridgehead atoms. The fourth-order valence-corrected chi connectivity index (χ4v) is 4.75. The van der Waals surface area contributed by atoms with E-state index in [4.69, 9.17) is 5.11 Å². The number of aliphatic carboxylic acids is 1. The van der Waals surface area contributed by atoms with Gasteiger partial charge in [-0.2, -0.15) is 0 Å². The Kier molecular flexibility index (Phi) is 6.79. The van der Waals surface area contributed by atoms with Crippen molar-refractivity contribution in [1.29, 1.82) is 0 Å². The van der Waals surface area contributed by atoms with Crippen LogP contribution in [0.3, 0.4) is 0 Å². The van der Waals surface area contributed by atoms with Gasteiger partial charge in [-0.25, -0.2) is 4.79 Å². The zero-order valence-corrected chi connectivity index (χ0v) is 15.3. The number of carboxylic acids is 1. The molecule has 0 spiro atoms.